The Morgan fingerprint density at radius 2 is 1.48 bits per heavy atom. The number of methoxy groups -OCH3 is 1. The van der Waals surface area contributed by atoms with E-state index in [-0.39, 0.29) is 11.8 Å². The summed E-state index contributed by atoms with van der Waals surface area (Å²) in [5.41, 5.74) is 2.79. The van der Waals surface area contributed by atoms with Gasteiger partial charge >= 0.3 is 0 Å². The first kappa shape index (κ1) is 20.5. The molecule has 3 aromatic rings. The van der Waals surface area contributed by atoms with Crippen LogP contribution in [0.25, 0.3) is 0 Å². The van der Waals surface area contributed by atoms with E-state index >= 15 is 0 Å². The normalized spacial score (nSPS) is 13.6. The number of ether oxygens (including phenoxy) is 1. The van der Waals surface area contributed by atoms with Crippen LogP contribution in [0.4, 0.5) is 11.4 Å². The van der Waals surface area contributed by atoms with Crippen molar-refractivity contribution in [1.82, 2.24) is 4.90 Å². The molecule has 0 radical (unpaired) electrons. The van der Waals surface area contributed by atoms with Crippen LogP contribution >= 0.6 is 0 Å². The number of carbonyl (C=O) groups excluding carboxylic acids is 2. The maximum atomic E-state index is 13.0. The molecule has 1 heterocycles. The Bertz CT molecular complexity index is 1060. The molecule has 0 aliphatic carbocycles. The number of nitrogens with one attached hydrogen (secondary N) is 1. The first-order valence-corrected chi connectivity index (χ1v) is 10.3. The third kappa shape index (κ3) is 4.69. The fourth-order valence-corrected chi connectivity index (χ4v) is 3.75. The van der Waals surface area contributed by atoms with Gasteiger partial charge in [0.25, 0.3) is 11.8 Å². The van der Waals surface area contributed by atoms with Gasteiger partial charge < -0.3 is 19.9 Å². The number of rotatable bonds is 5. The fraction of sp³-hybridized carbons (Fsp3) is 0.200. The lowest BCUT2D eigenvalue weighted by molar-refractivity contribution is 0.0746. The quantitative estimate of drug-likeness (QED) is 0.686. The summed E-state index contributed by atoms with van der Waals surface area (Å²) in [6.45, 7) is 2.71. The minimum absolute atomic E-state index is 0.0320. The molecule has 1 aliphatic rings. The van der Waals surface area contributed by atoms with Gasteiger partial charge in [-0.1, -0.05) is 36.4 Å². The van der Waals surface area contributed by atoms with E-state index in [4.69, 9.17) is 4.74 Å². The number of hydrogen-bond donors (Lipinski definition) is 1. The van der Waals surface area contributed by atoms with E-state index in [1.54, 1.807) is 43.5 Å². The summed E-state index contributed by atoms with van der Waals surface area (Å²) in [6.07, 6.45) is 0. The molecule has 31 heavy (non-hydrogen) atoms. The molecule has 0 unspecified atom stereocenters. The Kier molecular flexibility index (Phi) is 6.17. The minimum atomic E-state index is -0.198. The van der Waals surface area contributed by atoms with Gasteiger partial charge in [-0.15, -0.1) is 0 Å². The number of benzene rings is 3. The molecule has 1 saturated heterocycles. The van der Waals surface area contributed by atoms with Crippen molar-refractivity contribution in [2.24, 2.45) is 0 Å². The monoisotopic (exact) mass is 415 g/mol. The summed E-state index contributed by atoms with van der Waals surface area (Å²) < 4.78 is 5.46. The summed E-state index contributed by atoms with van der Waals surface area (Å²) in [6, 6.07) is 24.0. The molecule has 0 aromatic heterocycles. The van der Waals surface area contributed by atoms with Crippen molar-refractivity contribution < 1.29 is 14.3 Å². The molecule has 6 nitrogen and oxygen atoms in total. The van der Waals surface area contributed by atoms with Gasteiger partial charge in [0.1, 0.15) is 5.75 Å². The third-order valence-electron chi connectivity index (χ3n) is 5.40. The Morgan fingerprint density at radius 3 is 2.23 bits per heavy atom. The van der Waals surface area contributed by atoms with E-state index in [9.17, 15) is 9.59 Å². The Hall–Kier alpha value is -3.80. The Morgan fingerprint density at radius 1 is 0.806 bits per heavy atom. The number of para-hydroxylation sites is 2. The Labute approximate surface area is 182 Å². The van der Waals surface area contributed by atoms with Gasteiger partial charge in [0.05, 0.1) is 12.8 Å². The summed E-state index contributed by atoms with van der Waals surface area (Å²) in [4.78, 5) is 29.5. The summed E-state index contributed by atoms with van der Waals surface area (Å²) in [5, 5.41) is 2.87. The largest absolute Gasteiger partial charge is 0.495 e. The molecule has 0 bridgehead atoms. The van der Waals surface area contributed by atoms with Gasteiger partial charge in [0, 0.05) is 43.0 Å². The van der Waals surface area contributed by atoms with Gasteiger partial charge in [0.2, 0.25) is 0 Å². The zero-order valence-electron chi connectivity index (χ0n) is 17.5. The maximum Gasteiger partial charge on any atom is 0.255 e. The van der Waals surface area contributed by atoms with Crippen molar-refractivity contribution >= 4 is 23.2 Å². The SMILES string of the molecule is COc1ccccc1N1CCN(C(=O)c2cccc(NC(=O)c3ccccc3)c2)CC1. The van der Waals surface area contributed by atoms with Gasteiger partial charge in [-0.25, -0.2) is 0 Å². The van der Waals surface area contributed by atoms with Crippen molar-refractivity contribution in [3.63, 3.8) is 0 Å². The molecule has 3 aromatic carbocycles. The first-order valence-electron chi connectivity index (χ1n) is 10.3. The molecular weight excluding hydrogens is 390 g/mol. The minimum Gasteiger partial charge on any atom is -0.495 e. The molecule has 0 spiro atoms. The lowest BCUT2D eigenvalue weighted by atomic mass is 10.1. The van der Waals surface area contributed by atoms with Crippen LogP contribution in [0.2, 0.25) is 0 Å². The highest BCUT2D eigenvalue weighted by Gasteiger charge is 2.24. The number of piperazine rings is 1. The van der Waals surface area contributed by atoms with Crippen LogP contribution in [-0.2, 0) is 0 Å². The zero-order valence-corrected chi connectivity index (χ0v) is 17.5. The highest BCUT2D eigenvalue weighted by atomic mass is 16.5. The molecule has 0 atom stereocenters. The molecular formula is C25H25N3O3. The lowest BCUT2D eigenvalue weighted by Gasteiger charge is -2.36. The van der Waals surface area contributed by atoms with Crippen LogP contribution in [0.1, 0.15) is 20.7 Å². The van der Waals surface area contributed by atoms with Crippen LogP contribution < -0.4 is 15.0 Å². The fourth-order valence-electron chi connectivity index (χ4n) is 3.75. The van der Waals surface area contributed by atoms with Crippen LogP contribution in [0.15, 0.2) is 78.9 Å². The predicted molar refractivity (Wildman–Crippen MR) is 122 cm³/mol. The highest BCUT2D eigenvalue weighted by Crippen LogP contribution is 2.28. The van der Waals surface area contributed by atoms with Crippen molar-refractivity contribution in [3.8, 4) is 5.75 Å². The standard InChI is InChI=1S/C25H25N3O3/c1-31-23-13-6-5-12-22(23)27-14-16-28(17-15-27)25(30)20-10-7-11-21(18-20)26-24(29)19-8-3-2-4-9-19/h2-13,18H,14-17H2,1H3,(H,26,29). The molecule has 1 aliphatic heterocycles. The molecule has 0 saturated carbocycles. The van der Waals surface area contributed by atoms with E-state index in [2.05, 4.69) is 10.2 Å². The van der Waals surface area contributed by atoms with Crippen molar-refractivity contribution in [2.75, 3.05) is 43.5 Å². The van der Waals surface area contributed by atoms with Gasteiger partial charge in [-0.05, 0) is 42.5 Å². The van der Waals surface area contributed by atoms with Crippen LogP contribution in [0.5, 0.6) is 5.75 Å². The second-order valence-corrected chi connectivity index (χ2v) is 7.35. The average Bonchev–Trinajstić information content (AvgIpc) is 2.84. The number of amides is 2. The van der Waals surface area contributed by atoms with Crippen molar-refractivity contribution in [3.05, 3.63) is 90.0 Å². The van der Waals surface area contributed by atoms with E-state index in [0.717, 1.165) is 24.5 Å². The maximum absolute atomic E-state index is 13.0. The van der Waals surface area contributed by atoms with Crippen LogP contribution in [0, 0.1) is 0 Å². The lowest BCUT2D eigenvalue weighted by Crippen LogP contribution is -2.48. The van der Waals surface area contributed by atoms with Crippen molar-refractivity contribution in [2.45, 2.75) is 0 Å². The topological polar surface area (TPSA) is 61.9 Å². The third-order valence-corrected chi connectivity index (χ3v) is 5.40. The molecule has 1 fully saturated rings. The highest BCUT2D eigenvalue weighted by molar-refractivity contribution is 6.05. The number of nitrogens with zero attached hydrogens (tertiary/aromatic N) is 2. The van der Waals surface area contributed by atoms with Crippen molar-refractivity contribution in [1.29, 1.82) is 0 Å². The molecule has 1 N–H and O–H groups in total. The zero-order chi connectivity index (χ0) is 21.6. The Balaban J connectivity index is 1.40. The first-order chi connectivity index (χ1) is 15.2. The molecule has 158 valence electrons. The predicted octanol–water partition coefficient (Wildman–Crippen LogP) is 3.91. The molecule has 4 rings (SSSR count). The average molecular weight is 415 g/mol. The summed E-state index contributed by atoms with van der Waals surface area (Å²) >= 11 is 0. The number of hydrogen-bond acceptors (Lipinski definition) is 4. The number of anilines is 2. The van der Waals surface area contributed by atoms with Gasteiger partial charge in [0.15, 0.2) is 0 Å². The van der Waals surface area contributed by atoms with Crippen LogP contribution in [-0.4, -0.2) is 50.0 Å². The summed E-state index contributed by atoms with van der Waals surface area (Å²) in [5.74, 6) is 0.607. The van der Waals surface area contributed by atoms with E-state index in [1.807, 2.05) is 47.4 Å². The van der Waals surface area contributed by atoms with E-state index in [0.29, 0.717) is 29.9 Å². The van der Waals surface area contributed by atoms with Gasteiger partial charge in [-0.3, -0.25) is 9.59 Å². The smallest absolute Gasteiger partial charge is 0.255 e. The molecule has 2 amide bonds. The van der Waals surface area contributed by atoms with E-state index in [1.165, 1.54) is 0 Å². The second kappa shape index (κ2) is 9.34. The number of carbonyl (C=O) groups is 2. The molecule has 6 heteroatoms. The van der Waals surface area contributed by atoms with Crippen LogP contribution in [0.3, 0.4) is 0 Å². The van der Waals surface area contributed by atoms with Gasteiger partial charge in [-0.2, -0.15) is 0 Å². The summed E-state index contributed by atoms with van der Waals surface area (Å²) in [7, 11) is 1.67. The second-order valence-electron chi connectivity index (χ2n) is 7.35. The van der Waals surface area contributed by atoms with E-state index < -0.39 is 0 Å².